The first-order chi connectivity index (χ1) is 9.16. The number of ether oxygens (including phenoxy) is 2. The van der Waals surface area contributed by atoms with Gasteiger partial charge in [0.25, 0.3) is 0 Å². The summed E-state index contributed by atoms with van der Waals surface area (Å²) < 4.78 is 9.18. The van der Waals surface area contributed by atoms with Gasteiger partial charge in [0.15, 0.2) is 0 Å². The van der Waals surface area contributed by atoms with E-state index in [1.54, 1.807) is 0 Å². The zero-order chi connectivity index (χ0) is 14.3. The Bertz CT molecular complexity index is 244. The Hall–Kier alpha value is -0.610. The summed E-state index contributed by atoms with van der Waals surface area (Å²) in [5.74, 6) is -0.740. The first-order valence-corrected chi connectivity index (χ1v) is 7.52. The van der Waals surface area contributed by atoms with Gasteiger partial charge in [-0.05, 0) is 6.42 Å². The van der Waals surface area contributed by atoms with Gasteiger partial charge in [0, 0.05) is 18.2 Å². The van der Waals surface area contributed by atoms with Crippen molar-refractivity contribution in [2.24, 2.45) is 0 Å². The van der Waals surface area contributed by atoms with Gasteiger partial charge >= 0.3 is 11.4 Å². The first kappa shape index (κ1) is 18.4. The largest absolute Gasteiger partial charge is 0.411 e. The molecule has 0 aliphatic carbocycles. The van der Waals surface area contributed by atoms with Gasteiger partial charge in [-0.2, -0.15) is 0 Å². The van der Waals surface area contributed by atoms with Crippen LogP contribution in [0.5, 0.6) is 0 Å². The fraction of sp³-hybridized carbons (Fsp3) is 0.857. The van der Waals surface area contributed by atoms with Crippen LogP contribution in [-0.2, 0) is 14.3 Å². The van der Waals surface area contributed by atoms with Crippen LogP contribution < -0.4 is 0 Å². The van der Waals surface area contributed by atoms with E-state index in [-0.39, 0.29) is 6.61 Å². The monoisotopic (exact) mass is 292 g/mol. The molecule has 0 fully saturated rings. The van der Waals surface area contributed by atoms with Crippen molar-refractivity contribution >= 4 is 23.0 Å². The molecule has 19 heavy (non-hydrogen) atoms. The number of esters is 1. The summed E-state index contributed by atoms with van der Waals surface area (Å²) in [6.07, 6.45) is 11.1. The van der Waals surface area contributed by atoms with Gasteiger partial charge in [0.1, 0.15) is 6.61 Å². The van der Waals surface area contributed by atoms with E-state index in [1.165, 1.54) is 44.9 Å². The fourth-order valence-electron chi connectivity index (χ4n) is 1.79. The van der Waals surface area contributed by atoms with Crippen molar-refractivity contribution in [1.82, 2.24) is 0 Å². The SMILES string of the molecule is CCCCCCCCCCCOCC(=O)OC(=O)Cl. The quantitative estimate of drug-likeness (QED) is 0.231. The molecule has 0 amide bonds. The topological polar surface area (TPSA) is 52.6 Å². The van der Waals surface area contributed by atoms with Crippen LogP contribution in [0.25, 0.3) is 0 Å². The predicted molar refractivity (Wildman–Crippen MR) is 75.4 cm³/mol. The molecule has 4 nitrogen and oxygen atoms in total. The fourth-order valence-corrected chi connectivity index (χ4v) is 1.88. The standard InChI is InChI=1S/C14H25ClO4/c1-2-3-4-5-6-7-8-9-10-11-18-12-13(16)19-14(15)17/h2-12H2,1H3. The molecule has 0 aromatic rings. The molecule has 0 spiro atoms. The van der Waals surface area contributed by atoms with Gasteiger partial charge in [0.2, 0.25) is 0 Å². The van der Waals surface area contributed by atoms with Crippen molar-refractivity contribution in [3.05, 3.63) is 0 Å². The molecular weight excluding hydrogens is 268 g/mol. The Morgan fingerprint density at radius 2 is 1.42 bits per heavy atom. The Morgan fingerprint density at radius 1 is 0.895 bits per heavy atom. The minimum Gasteiger partial charge on any atom is -0.379 e. The van der Waals surface area contributed by atoms with E-state index in [9.17, 15) is 9.59 Å². The zero-order valence-corrected chi connectivity index (χ0v) is 12.5. The van der Waals surface area contributed by atoms with Crippen LogP contribution in [0.2, 0.25) is 0 Å². The maximum atomic E-state index is 10.9. The lowest BCUT2D eigenvalue weighted by Gasteiger charge is -2.03. The lowest BCUT2D eigenvalue weighted by Crippen LogP contribution is -2.14. The number of carbonyl (C=O) groups excluding carboxylic acids is 2. The summed E-state index contributed by atoms with van der Waals surface area (Å²) in [5, 5.41) is 0. The Labute approximate surface area is 120 Å². The van der Waals surface area contributed by atoms with E-state index in [2.05, 4.69) is 11.7 Å². The van der Waals surface area contributed by atoms with Crippen molar-refractivity contribution in [3.63, 3.8) is 0 Å². The number of rotatable bonds is 12. The molecular formula is C14H25ClO4. The van der Waals surface area contributed by atoms with Crippen LogP contribution in [0.1, 0.15) is 64.7 Å². The molecule has 5 heteroatoms. The van der Waals surface area contributed by atoms with Gasteiger partial charge in [0.05, 0.1) is 0 Å². The normalized spacial score (nSPS) is 10.4. The minimum atomic E-state index is -1.11. The van der Waals surface area contributed by atoms with Crippen LogP contribution in [0.15, 0.2) is 0 Å². The van der Waals surface area contributed by atoms with Crippen LogP contribution in [0, 0.1) is 0 Å². The molecule has 0 aromatic carbocycles. The molecule has 0 heterocycles. The average Bonchev–Trinajstić information content (AvgIpc) is 2.35. The summed E-state index contributed by atoms with van der Waals surface area (Å²) in [7, 11) is 0. The Balaban J connectivity index is 3.10. The van der Waals surface area contributed by atoms with E-state index < -0.39 is 11.4 Å². The highest BCUT2D eigenvalue weighted by molar-refractivity contribution is 6.61. The van der Waals surface area contributed by atoms with E-state index in [4.69, 9.17) is 16.3 Å². The molecule has 112 valence electrons. The van der Waals surface area contributed by atoms with Gasteiger partial charge < -0.3 is 9.47 Å². The van der Waals surface area contributed by atoms with Gasteiger partial charge in [-0.15, -0.1) is 0 Å². The highest BCUT2D eigenvalue weighted by atomic mass is 35.5. The summed E-state index contributed by atoms with van der Waals surface area (Å²) >= 11 is 4.88. The third kappa shape index (κ3) is 15.3. The Morgan fingerprint density at radius 3 is 1.95 bits per heavy atom. The first-order valence-electron chi connectivity index (χ1n) is 7.14. The molecule has 0 aliphatic heterocycles. The number of unbranched alkanes of at least 4 members (excludes halogenated alkanes) is 8. The van der Waals surface area contributed by atoms with Crippen molar-refractivity contribution < 1.29 is 19.1 Å². The molecule has 0 rings (SSSR count). The maximum absolute atomic E-state index is 10.9. The zero-order valence-electron chi connectivity index (χ0n) is 11.8. The molecule has 0 N–H and O–H groups in total. The highest BCUT2D eigenvalue weighted by Gasteiger charge is 2.06. The second kappa shape index (κ2) is 13.8. The third-order valence-electron chi connectivity index (χ3n) is 2.81. The van der Waals surface area contributed by atoms with Crippen molar-refractivity contribution in [2.75, 3.05) is 13.2 Å². The van der Waals surface area contributed by atoms with Crippen LogP contribution in [0.4, 0.5) is 4.79 Å². The molecule has 0 aromatic heterocycles. The number of halogens is 1. The van der Waals surface area contributed by atoms with Crippen molar-refractivity contribution in [2.45, 2.75) is 64.7 Å². The Kier molecular flexibility index (Phi) is 13.4. The average molecular weight is 293 g/mol. The van der Waals surface area contributed by atoms with Crippen LogP contribution >= 0.6 is 11.6 Å². The molecule has 0 bridgehead atoms. The molecule has 0 unspecified atom stereocenters. The lowest BCUT2D eigenvalue weighted by atomic mass is 10.1. The third-order valence-corrected chi connectivity index (χ3v) is 2.88. The van der Waals surface area contributed by atoms with Crippen molar-refractivity contribution in [3.8, 4) is 0 Å². The van der Waals surface area contributed by atoms with Gasteiger partial charge in [-0.3, -0.25) is 0 Å². The minimum absolute atomic E-state index is 0.213. The van der Waals surface area contributed by atoms with Crippen molar-refractivity contribution in [1.29, 1.82) is 0 Å². The summed E-state index contributed by atoms with van der Waals surface area (Å²) in [4.78, 5) is 21.1. The van der Waals surface area contributed by atoms with E-state index in [1.807, 2.05) is 0 Å². The summed E-state index contributed by atoms with van der Waals surface area (Å²) in [6.45, 7) is 2.52. The number of carbonyl (C=O) groups is 2. The van der Waals surface area contributed by atoms with Crippen LogP contribution in [-0.4, -0.2) is 24.6 Å². The van der Waals surface area contributed by atoms with Gasteiger partial charge in [-0.1, -0.05) is 58.3 Å². The summed E-state index contributed by atoms with van der Waals surface area (Å²) in [5.41, 5.74) is -1.11. The molecule has 0 saturated heterocycles. The predicted octanol–water partition coefficient (Wildman–Crippen LogP) is 4.44. The highest BCUT2D eigenvalue weighted by Crippen LogP contribution is 2.09. The second-order valence-electron chi connectivity index (χ2n) is 4.59. The van der Waals surface area contributed by atoms with Crippen LogP contribution in [0.3, 0.4) is 0 Å². The molecule has 0 aliphatic rings. The smallest absolute Gasteiger partial charge is 0.379 e. The van der Waals surface area contributed by atoms with E-state index in [0.29, 0.717) is 6.61 Å². The van der Waals surface area contributed by atoms with Gasteiger partial charge in [-0.25, -0.2) is 9.59 Å². The van der Waals surface area contributed by atoms with E-state index >= 15 is 0 Å². The van der Waals surface area contributed by atoms with E-state index in [0.717, 1.165) is 12.8 Å². The maximum Gasteiger partial charge on any atom is 0.411 e. The second-order valence-corrected chi connectivity index (χ2v) is 4.90. The lowest BCUT2D eigenvalue weighted by molar-refractivity contribution is -0.141. The molecule has 0 radical (unpaired) electrons. The number of hydrogen-bond acceptors (Lipinski definition) is 4. The summed E-state index contributed by atoms with van der Waals surface area (Å²) in [6, 6.07) is 0. The molecule has 0 saturated carbocycles. The number of hydrogen-bond donors (Lipinski definition) is 0. The molecule has 0 atom stereocenters.